The van der Waals surface area contributed by atoms with E-state index >= 15 is 0 Å². The van der Waals surface area contributed by atoms with Crippen LogP contribution >= 0.6 is 0 Å². The van der Waals surface area contributed by atoms with E-state index < -0.39 is 5.91 Å². The van der Waals surface area contributed by atoms with E-state index in [1.165, 1.54) is 32.6 Å². The lowest BCUT2D eigenvalue weighted by molar-refractivity contribution is -0.112. The van der Waals surface area contributed by atoms with Crippen LogP contribution in [0.5, 0.6) is 11.5 Å². The van der Waals surface area contributed by atoms with Gasteiger partial charge in [-0.1, -0.05) is 12.1 Å². The molecule has 27 heavy (non-hydrogen) atoms. The van der Waals surface area contributed by atoms with Crippen molar-refractivity contribution < 1.29 is 18.7 Å². The molecule has 7 heteroatoms. The standard InChI is InChI=1S/C20H20FN3O3/c1-26-18-8-7-17(11-19(18)27-2)24-20(25)15(12-22)13-23-10-9-14-3-5-16(21)6-4-14/h3-8,11,13,23H,9-10H2,1-2H3,(H,24,25)/b15-13-. The van der Waals surface area contributed by atoms with Crippen molar-refractivity contribution in [3.63, 3.8) is 0 Å². The Morgan fingerprint density at radius 2 is 1.85 bits per heavy atom. The normalized spacial score (nSPS) is 10.7. The van der Waals surface area contributed by atoms with Crippen molar-refractivity contribution in [3.8, 4) is 17.6 Å². The van der Waals surface area contributed by atoms with Gasteiger partial charge in [0.05, 0.1) is 14.2 Å². The number of carbonyl (C=O) groups excluding carboxylic acids is 1. The Bertz CT molecular complexity index is 858. The second-order valence-electron chi connectivity index (χ2n) is 5.52. The average molecular weight is 369 g/mol. The van der Waals surface area contributed by atoms with E-state index in [4.69, 9.17) is 9.47 Å². The summed E-state index contributed by atoms with van der Waals surface area (Å²) in [5.74, 6) is 0.174. The van der Waals surface area contributed by atoms with Crippen molar-refractivity contribution in [2.45, 2.75) is 6.42 Å². The van der Waals surface area contributed by atoms with Gasteiger partial charge in [-0.3, -0.25) is 4.79 Å². The summed E-state index contributed by atoms with van der Waals surface area (Å²) in [4.78, 5) is 12.2. The molecule has 2 rings (SSSR count). The van der Waals surface area contributed by atoms with Gasteiger partial charge in [0.1, 0.15) is 17.5 Å². The van der Waals surface area contributed by atoms with Gasteiger partial charge < -0.3 is 20.1 Å². The average Bonchev–Trinajstić information content (AvgIpc) is 2.69. The zero-order valence-corrected chi connectivity index (χ0v) is 15.1. The predicted molar refractivity (Wildman–Crippen MR) is 100.0 cm³/mol. The van der Waals surface area contributed by atoms with E-state index in [0.29, 0.717) is 30.2 Å². The van der Waals surface area contributed by atoms with E-state index in [1.54, 1.807) is 30.3 Å². The minimum absolute atomic E-state index is 0.0658. The largest absolute Gasteiger partial charge is 0.493 e. The number of anilines is 1. The first-order chi connectivity index (χ1) is 13.1. The molecule has 0 spiro atoms. The predicted octanol–water partition coefficient (Wildman–Crippen LogP) is 3.02. The molecule has 0 unspecified atom stereocenters. The van der Waals surface area contributed by atoms with Crippen molar-refractivity contribution >= 4 is 11.6 Å². The molecule has 0 atom stereocenters. The highest BCUT2D eigenvalue weighted by Crippen LogP contribution is 2.29. The second-order valence-corrected chi connectivity index (χ2v) is 5.52. The van der Waals surface area contributed by atoms with E-state index in [1.807, 2.05) is 6.07 Å². The Hall–Kier alpha value is -3.53. The van der Waals surface area contributed by atoms with Crippen LogP contribution in [-0.2, 0) is 11.2 Å². The molecule has 1 amide bonds. The van der Waals surface area contributed by atoms with Crippen LogP contribution in [0.1, 0.15) is 5.56 Å². The molecule has 0 aliphatic rings. The van der Waals surface area contributed by atoms with Gasteiger partial charge in [-0.2, -0.15) is 5.26 Å². The third kappa shape index (κ3) is 5.75. The molecule has 6 nitrogen and oxygen atoms in total. The van der Waals surface area contributed by atoms with Crippen molar-refractivity contribution in [3.05, 3.63) is 65.6 Å². The third-order valence-corrected chi connectivity index (χ3v) is 3.72. The summed E-state index contributed by atoms with van der Waals surface area (Å²) < 4.78 is 23.2. The zero-order valence-electron chi connectivity index (χ0n) is 15.1. The molecule has 0 aromatic heterocycles. The van der Waals surface area contributed by atoms with E-state index in [0.717, 1.165) is 5.56 Å². The minimum atomic E-state index is -0.543. The lowest BCUT2D eigenvalue weighted by atomic mass is 10.1. The molecular formula is C20H20FN3O3. The number of nitrogens with zero attached hydrogens (tertiary/aromatic N) is 1. The first-order valence-corrected chi connectivity index (χ1v) is 8.19. The molecule has 2 aromatic rings. The first-order valence-electron chi connectivity index (χ1n) is 8.19. The van der Waals surface area contributed by atoms with Gasteiger partial charge in [0.15, 0.2) is 11.5 Å². The number of halogens is 1. The van der Waals surface area contributed by atoms with Crippen LogP contribution in [0.25, 0.3) is 0 Å². The molecule has 0 fully saturated rings. The molecule has 0 saturated heterocycles. The summed E-state index contributed by atoms with van der Waals surface area (Å²) in [5, 5.41) is 14.8. The van der Waals surface area contributed by atoms with Crippen LogP contribution < -0.4 is 20.1 Å². The van der Waals surface area contributed by atoms with E-state index in [9.17, 15) is 14.4 Å². The Morgan fingerprint density at radius 1 is 1.15 bits per heavy atom. The number of methoxy groups -OCH3 is 2. The zero-order chi connectivity index (χ0) is 19.6. The molecule has 0 aliphatic heterocycles. The lowest BCUT2D eigenvalue weighted by Gasteiger charge is -2.10. The smallest absolute Gasteiger partial charge is 0.267 e. The fourth-order valence-electron chi connectivity index (χ4n) is 2.30. The van der Waals surface area contributed by atoms with Gasteiger partial charge >= 0.3 is 0 Å². The number of benzene rings is 2. The van der Waals surface area contributed by atoms with Gasteiger partial charge in [-0.05, 0) is 36.2 Å². The van der Waals surface area contributed by atoms with Crippen LogP contribution in [-0.4, -0.2) is 26.7 Å². The van der Waals surface area contributed by atoms with Crippen LogP contribution in [0.4, 0.5) is 10.1 Å². The quantitative estimate of drug-likeness (QED) is 0.425. The molecule has 140 valence electrons. The topological polar surface area (TPSA) is 83.4 Å². The molecule has 0 radical (unpaired) electrons. The molecule has 0 aliphatic carbocycles. The fourth-order valence-corrected chi connectivity index (χ4v) is 2.30. The van der Waals surface area contributed by atoms with Gasteiger partial charge in [-0.25, -0.2) is 4.39 Å². The summed E-state index contributed by atoms with van der Waals surface area (Å²) in [7, 11) is 3.01. The monoisotopic (exact) mass is 369 g/mol. The van der Waals surface area contributed by atoms with Crippen molar-refractivity contribution in [2.24, 2.45) is 0 Å². The number of carbonyl (C=O) groups is 1. The Morgan fingerprint density at radius 3 is 2.48 bits per heavy atom. The highest BCUT2D eigenvalue weighted by Gasteiger charge is 2.11. The molecule has 0 heterocycles. The van der Waals surface area contributed by atoms with Crippen LogP contribution in [0.2, 0.25) is 0 Å². The maximum Gasteiger partial charge on any atom is 0.267 e. The summed E-state index contributed by atoms with van der Waals surface area (Å²) >= 11 is 0. The van der Waals surface area contributed by atoms with Gasteiger partial charge in [0.2, 0.25) is 0 Å². The SMILES string of the molecule is COc1ccc(NC(=O)/C(C#N)=C\NCCc2ccc(F)cc2)cc1OC. The molecular weight excluding hydrogens is 349 g/mol. The Kier molecular flexibility index (Phi) is 7.20. The van der Waals surface area contributed by atoms with Crippen LogP contribution in [0.15, 0.2) is 54.2 Å². The molecule has 0 bridgehead atoms. The van der Waals surface area contributed by atoms with Gasteiger partial charge in [0.25, 0.3) is 5.91 Å². The summed E-state index contributed by atoms with van der Waals surface area (Å²) in [5.41, 5.74) is 1.36. The van der Waals surface area contributed by atoms with Crippen molar-refractivity contribution in [2.75, 3.05) is 26.1 Å². The fraction of sp³-hybridized carbons (Fsp3) is 0.200. The van der Waals surface area contributed by atoms with Crippen LogP contribution in [0, 0.1) is 17.1 Å². The first kappa shape index (κ1) is 19.8. The maximum atomic E-state index is 12.9. The molecule has 0 saturated carbocycles. The van der Waals surface area contributed by atoms with Crippen molar-refractivity contribution in [1.29, 1.82) is 5.26 Å². The van der Waals surface area contributed by atoms with Crippen molar-refractivity contribution in [1.82, 2.24) is 5.32 Å². The summed E-state index contributed by atoms with van der Waals surface area (Å²) in [6, 6.07) is 12.9. The number of hydrogen-bond acceptors (Lipinski definition) is 5. The summed E-state index contributed by atoms with van der Waals surface area (Å²) in [6.45, 7) is 0.500. The minimum Gasteiger partial charge on any atom is -0.493 e. The van der Waals surface area contributed by atoms with E-state index in [-0.39, 0.29) is 11.4 Å². The lowest BCUT2D eigenvalue weighted by Crippen LogP contribution is -2.18. The second kappa shape index (κ2) is 9.82. The maximum absolute atomic E-state index is 12.9. The number of nitriles is 1. The highest BCUT2D eigenvalue weighted by atomic mass is 19.1. The number of nitrogens with one attached hydrogen (secondary N) is 2. The number of amides is 1. The Balaban J connectivity index is 1.93. The van der Waals surface area contributed by atoms with Crippen LogP contribution in [0.3, 0.4) is 0 Å². The van der Waals surface area contributed by atoms with Gasteiger partial charge in [0, 0.05) is 24.5 Å². The highest BCUT2D eigenvalue weighted by molar-refractivity contribution is 6.06. The number of hydrogen-bond donors (Lipinski definition) is 2. The van der Waals surface area contributed by atoms with E-state index in [2.05, 4.69) is 10.6 Å². The summed E-state index contributed by atoms with van der Waals surface area (Å²) in [6.07, 6.45) is 1.99. The Labute approximate surface area is 157 Å². The van der Waals surface area contributed by atoms with Gasteiger partial charge in [-0.15, -0.1) is 0 Å². The molecule has 2 N–H and O–H groups in total. The third-order valence-electron chi connectivity index (χ3n) is 3.72. The number of rotatable bonds is 8. The number of ether oxygens (including phenoxy) is 2. The molecule has 2 aromatic carbocycles.